The molecule has 0 fully saturated rings. The summed E-state index contributed by atoms with van der Waals surface area (Å²) >= 11 is 3.36. The molecule has 28 heavy (non-hydrogen) atoms. The Morgan fingerprint density at radius 1 is 1.00 bits per heavy atom. The smallest absolute Gasteiger partial charge is 0.277 e. The van der Waals surface area contributed by atoms with E-state index in [9.17, 15) is 4.79 Å². The fraction of sp³-hybridized carbons (Fsp3) is 0.263. The molecule has 2 aromatic carbocycles. The van der Waals surface area contributed by atoms with Crippen molar-refractivity contribution in [2.75, 3.05) is 35.0 Å². The average Bonchev–Trinajstić information content (AvgIpc) is 2.71. The summed E-state index contributed by atoms with van der Waals surface area (Å²) in [5, 5.41) is 3.92. The number of carbonyl (C=O) groups excluding carboxylic acids is 1. The van der Waals surface area contributed by atoms with Crippen molar-refractivity contribution >= 4 is 28.1 Å². The van der Waals surface area contributed by atoms with E-state index in [4.69, 9.17) is 23.7 Å². The van der Waals surface area contributed by atoms with Crippen molar-refractivity contribution in [2.24, 2.45) is 5.10 Å². The number of methoxy groups -OCH3 is 4. The Kier molecular flexibility index (Phi) is 7.94. The summed E-state index contributed by atoms with van der Waals surface area (Å²) in [7, 11) is 6.14. The lowest BCUT2D eigenvalue weighted by Gasteiger charge is -2.12. The fourth-order valence-electron chi connectivity index (χ4n) is 2.26. The van der Waals surface area contributed by atoms with Gasteiger partial charge < -0.3 is 23.7 Å². The first-order valence-corrected chi connectivity index (χ1v) is 8.90. The molecular weight excluding hydrogens is 432 g/mol. The summed E-state index contributed by atoms with van der Waals surface area (Å²) in [4.78, 5) is 11.9. The van der Waals surface area contributed by atoms with E-state index in [0.29, 0.717) is 38.8 Å². The number of nitrogens with one attached hydrogen (secondary N) is 1. The third-order valence-electron chi connectivity index (χ3n) is 3.59. The van der Waals surface area contributed by atoms with Crippen molar-refractivity contribution < 1.29 is 28.5 Å². The van der Waals surface area contributed by atoms with Crippen molar-refractivity contribution in [1.82, 2.24) is 5.43 Å². The lowest BCUT2D eigenvalue weighted by Crippen LogP contribution is -2.24. The minimum Gasteiger partial charge on any atom is -0.497 e. The quantitative estimate of drug-likeness (QED) is 0.464. The first-order valence-electron chi connectivity index (χ1n) is 8.10. The van der Waals surface area contributed by atoms with Crippen LogP contribution >= 0.6 is 15.9 Å². The van der Waals surface area contributed by atoms with E-state index in [2.05, 4.69) is 26.5 Å². The fourth-order valence-corrected chi connectivity index (χ4v) is 2.73. The van der Waals surface area contributed by atoms with E-state index in [1.807, 2.05) is 0 Å². The molecule has 0 aromatic heterocycles. The van der Waals surface area contributed by atoms with Gasteiger partial charge in [-0.3, -0.25) is 4.79 Å². The first kappa shape index (κ1) is 21.4. The van der Waals surface area contributed by atoms with Crippen LogP contribution in [0.1, 0.15) is 5.56 Å². The summed E-state index contributed by atoms with van der Waals surface area (Å²) < 4.78 is 27.1. The number of hydrogen-bond donors (Lipinski definition) is 1. The molecule has 0 heterocycles. The number of rotatable bonds is 9. The van der Waals surface area contributed by atoms with Gasteiger partial charge in [0, 0.05) is 5.56 Å². The second-order valence-electron chi connectivity index (χ2n) is 5.34. The predicted molar refractivity (Wildman–Crippen MR) is 108 cm³/mol. The molecule has 0 atom stereocenters. The van der Waals surface area contributed by atoms with Gasteiger partial charge in [-0.1, -0.05) is 0 Å². The molecule has 1 amide bonds. The van der Waals surface area contributed by atoms with Crippen LogP contribution in [0.4, 0.5) is 0 Å². The van der Waals surface area contributed by atoms with Crippen LogP contribution in [0.2, 0.25) is 0 Å². The number of carbonyl (C=O) groups is 1. The van der Waals surface area contributed by atoms with Crippen LogP contribution < -0.4 is 29.1 Å². The SMILES string of the molecule is COc1ccc(OCC(=O)NN=Cc2cc(OC)c(OC)c(OC)c2)c(Br)c1. The van der Waals surface area contributed by atoms with Crippen molar-refractivity contribution in [3.8, 4) is 28.7 Å². The lowest BCUT2D eigenvalue weighted by molar-refractivity contribution is -0.123. The van der Waals surface area contributed by atoms with Gasteiger partial charge >= 0.3 is 0 Å². The van der Waals surface area contributed by atoms with Crippen LogP contribution in [0.25, 0.3) is 0 Å². The maximum atomic E-state index is 11.9. The van der Waals surface area contributed by atoms with E-state index < -0.39 is 5.91 Å². The Balaban J connectivity index is 1.96. The Morgan fingerprint density at radius 3 is 2.21 bits per heavy atom. The topological polar surface area (TPSA) is 87.6 Å². The normalized spacial score (nSPS) is 10.5. The third kappa shape index (κ3) is 5.53. The van der Waals surface area contributed by atoms with Crippen molar-refractivity contribution in [3.05, 3.63) is 40.4 Å². The molecule has 1 N–H and O–H groups in total. The van der Waals surface area contributed by atoms with Crippen LogP contribution in [-0.2, 0) is 4.79 Å². The minimum absolute atomic E-state index is 0.197. The summed E-state index contributed by atoms with van der Waals surface area (Å²) in [5.74, 6) is 2.24. The van der Waals surface area contributed by atoms with Gasteiger partial charge in [-0.05, 0) is 46.3 Å². The number of nitrogens with zero attached hydrogens (tertiary/aromatic N) is 1. The zero-order valence-electron chi connectivity index (χ0n) is 15.9. The second kappa shape index (κ2) is 10.4. The number of amides is 1. The zero-order valence-corrected chi connectivity index (χ0v) is 17.5. The number of halogens is 1. The maximum Gasteiger partial charge on any atom is 0.277 e. The van der Waals surface area contributed by atoms with Crippen LogP contribution in [0, 0.1) is 0 Å². The standard InChI is InChI=1S/C19H21BrN2O6/c1-24-13-5-6-15(14(20)9-13)28-11-18(23)22-21-10-12-7-16(25-2)19(27-4)17(8-12)26-3/h5-10H,11H2,1-4H3,(H,22,23). The molecule has 0 radical (unpaired) electrons. The lowest BCUT2D eigenvalue weighted by atomic mass is 10.2. The monoisotopic (exact) mass is 452 g/mol. The van der Waals surface area contributed by atoms with Gasteiger partial charge in [-0.25, -0.2) is 5.43 Å². The van der Waals surface area contributed by atoms with Crippen molar-refractivity contribution in [3.63, 3.8) is 0 Å². The average molecular weight is 453 g/mol. The van der Waals surface area contributed by atoms with Gasteiger partial charge in [0.2, 0.25) is 5.75 Å². The van der Waals surface area contributed by atoms with Gasteiger partial charge in [-0.15, -0.1) is 0 Å². The molecule has 0 aliphatic heterocycles. The maximum absolute atomic E-state index is 11.9. The highest BCUT2D eigenvalue weighted by molar-refractivity contribution is 9.10. The molecule has 0 aliphatic carbocycles. The van der Waals surface area contributed by atoms with Gasteiger partial charge in [0.15, 0.2) is 18.1 Å². The van der Waals surface area contributed by atoms with E-state index >= 15 is 0 Å². The second-order valence-corrected chi connectivity index (χ2v) is 6.19. The molecule has 150 valence electrons. The molecule has 0 spiro atoms. The molecule has 0 bridgehead atoms. The number of benzene rings is 2. The van der Waals surface area contributed by atoms with Crippen LogP contribution in [0.3, 0.4) is 0 Å². The highest BCUT2D eigenvalue weighted by atomic mass is 79.9. The zero-order chi connectivity index (χ0) is 20.5. The highest BCUT2D eigenvalue weighted by Gasteiger charge is 2.12. The molecule has 0 saturated carbocycles. The Hall–Kier alpha value is -2.94. The predicted octanol–water partition coefficient (Wildman–Crippen LogP) is 3.01. The summed E-state index contributed by atoms with van der Waals surface area (Å²) in [6.07, 6.45) is 1.46. The van der Waals surface area contributed by atoms with Crippen LogP contribution in [0.15, 0.2) is 39.9 Å². The summed E-state index contributed by atoms with van der Waals surface area (Å²) in [6.45, 7) is -0.197. The minimum atomic E-state index is -0.411. The molecule has 0 unspecified atom stereocenters. The van der Waals surface area contributed by atoms with E-state index in [1.165, 1.54) is 27.5 Å². The van der Waals surface area contributed by atoms with Gasteiger partial charge in [0.1, 0.15) is 11.5 Å². The summed E-state index contributed by atoms with van der Waals surface area (Å²) in [5.41, 5.74) is 3.06. The molecule has 0 aliphatic rings. The molecule has 8 nitrogen and oxygen atoms in total. The Morgan fingerprint density at radius 2 is 1.68 bits per heavy atom. The van der Waals surface area contributed by atoms with E-state index in [0.717, 1.165) is 0 Å². The number of hydrogen-bond acceptors (Lipinski definition) is 7. The molecular formula is C19H21BrN2O6. The molecule has 9 heteroatoms. The van der Waals surface area contributed by atoms with Gasteiger partial charge in [0.05, 0.1) is 39.1 Å². The number of hydrazone groups is 1. The van der Waals surface area contributed by atoms with Crippen LogP contribution in [0.5, 0.6) is 28.7 Å². The van der Waals surface area contributed by atoms with E-state index in [1.54, 1.807) is 37.4 Å². The van der Waals surface area contributed by atoms with E-state index in [-0.39, 0.29) is 6.61 Å². The summed E-state index contributed by atoms with van der Waals surface area (Å²) in [6, 6.07) is 8.61. The van der Waals surface area contributed by atoms with Gasteiger partial charge in [-0.2, -0.15) is 5.10 Å². The first-order chi connectivity index (χ1) is 13.5. The van der Waals surface area contributed by atoms with Crippen LogP contribution in [-0.4, -0.2) is 47.2 Å². The third-order valence-corrected chi connectivity index (χ3v) is 4.21. The Labute approximate surface area is 171 Å². The van der Waals surface area contributed by atoms with Gasteiger partial charge in [0.25, 0.3) is 5.91 Å². The molecule has 0 saturated heterocycles. The molecule has 2 aromatic rings. The largest absolute Gasteiger partial charge is 0.497 e. The number of ether oxygens (including phenoxy) is 5. The molecule has 2 rings (SSSR count). The Bertz CT molecular complexity index is 831. The van der Waals surface area contributed by atoms with Crippen molar-refractivity contribution in [2.45, 2.75) is 0 Å². The van der Waals surface area contributed by atoms with Crippen molar-refractivity contribution in [1.29, 1.82) is 0 Å². The highest BCUT2D eigenvalue weighted by Crippen LogP contribution is 2.37.